The molecule has 0 fully saturated rings. The van der Waals surface area contributed by atoms with Crippen molar-refractivity contribution in [1.29, 1.82) is 0 Å². The van der Waals surface area contributed by atoms with E-state index in [4.69, 9.17) is 0 Å². The van der Waals surface area contributed by atoms with Crippen LogP contribution in [0.1, 0.15) is 59.6 Å². The minimum Gasteiger partial charge on any atom is -0.170 e. The monoisotopic (exact) mass is 348 g/mol. The fraction of sp³-hybridized carbons (Fsp3) is 0.455. The fourth-order valence-electron chi connectivity index (χ4n) is 3.38. The third kappa shape index (κ3) is 3.61. The summed E-state index contributed by atoms with van der Waals surface area (Å²) in [6.07, 6.45) is -3.03. The van der Waals surface area contributed by atoms with E-state index >= 15 is 0 Å². The lowest BCUT2D eigenvalue weighted by molar-refractivity contribution is -0.180. The van der Waals surface area contributed by atoms with Crippen molar-refractivity contribution in [1.82, 2.24) is 0 Å². The van der Waals surface area contributed by atoms with Crippen molar-refractivity contribution < 1.29 is 13.2 Å². The number of halogens is 3. The van der Waals surface area contributed by atoms with Crippen LogP contribution >= 0.6 is 0 Å². The number of hydrogen-bond donors (Lipinski definition) is 0. The van der Waals surface area contributed by atoms with Crippen molar-refractivity contribution in [3.63, 3.8) is 0 Å². The molecular weight excluding hydrogens is 321 g/mol. The molecule has 3 heteroatoms. The van der Waals surface area contributed by atoms with Gasteiger partial charge in [0.1, 0.15) is 5.41 Å². The van der Waals surface area contributed by atoms with Gasteiger partial charge in [-0.15, -0.1) is 0 Å². The molecule has 2 rings (SSSR count). The molecule has 0 heterocycles. The van der Waals surface area contributed by atoms with Crippen LogP contribution < -0.4 is 0 Å². The van der Waals surface area contributed by atoms with Gasteiger partial charge in [0.05, 0.1) is 0 Å². The van der Waals surface area contributed by atoms with E-state index in [2.05, 4.69) is 0 Å². The average molecular weight is 348 g/mol. The van der Waals surface area contributed by atoms with E-state index in [1.54, 1.807) is 36.4 Å². The second-order valence-corrected chi connectivity index (χ2v) is 7.10. The normalized spacial score (nSPS) is 12.5. The van der Waals surface area contributed by atoms with Gasteiger partial charge in [0.2, 0.25) is 0 Å². The third-order valence-electron chi connectivity index (χ3n) is 5.39. The van der Waals surface area contributed by atoms with Gasteiger partial charge in [-0.3, -0.25) is 0 Å². The van der Waals surface area contributed by atoms with Crippen LogP contribution in [0.4, 0.5) is 13.2 Å². The highest BCUT2D eigenvalue weighted by atomic mass is 19.4. The summed E-state index contributed by atoms with van der Waals surface area (Å²) in [4.78, 5) is 0. The van der Waals surface area contributed by atoms with Crippen LogP contribution in [0.25, 0.3) is 0 Å². The van der Waals surface area contributed by atoms with Gasteiger partial charge in [-0.25, -0.2) is 0 Å². The van der Waals surface area contributed by atoms with Crippen molar-refractivity contribution in [2.45, 2.75) is 65.5 Å². The van der Waals surface area contributed by atoms with E-state index in [0.717, 1.165) is 28.7 Å². The summed E-state index contributed by atoms with van der Waals surface area (Å²) >= 11 is 0. The minimum absolute atomic E-state index is 0.0675. The van der Waals surface area contributed by atoms with Crippen LogP contribution in [-0.2, 0) is 5.41 Å². The molecule has 0 saturated heterocycles. The van der Waals surface area contributed by atoms with Crippen molar-refractivity contribution >= 4 is 0 Å². The van der Waals surface area contributed by atoms with Gasteiger partial charge in [-0.1, -0.05) is 56.2 Å². The Morgan fingerprint density at radius 1 is 0.720 bits per heavy atom. The number of hydrogen-bond acceptors (Lipinski definition) is 0. The average Bonchev–Trinajstić information content (AvgIpc) is 2.53. The summed E-state index contributed by atoms with van der Waals surface area (Å²) < 4.78 is 43.6. The summed E-state index contributed by atoms with van der Waals surface area (Å²) in [6, 6.07) is 10.3. The summed E-state index contributed by atoms with van der Waals surface area (Å²) in [7, 11) is 0. The standard InChI is InChI=1S/C22H27F3/c1-6-7-12-21(22(23,24)25,19-10-8-15(2)17(4)13-19)20-11-9-16(3)18(5)14-20/h8-11,13-14H,6-7,12H2,1-5H3. The first-order valence-corrected chi connectivity index (χ1v) is 8.85. The Morgan fingerprint density at radius 2 is 1.16 bits per heavy atom. The Labute approximate surface area is 149 Å². The Bertz CT molecular complexity index is 690. The highest BCUT2D eigenvalue weighted by molar-refractivity contribution is 5.46. The van der Waals surface area contributed by atoms with E-state index in [0.29, 0.717) is 17.5 Å². The lowest BCUT2D eigenvalue weighted by Gasteiger charge is -2.38. The lowest BCUT2D eigenvalue weighted by Crippen LogP contribution is -2.43. The van der Waals surface area contributed by atoms with Crippen LogP contribution in [0.2, 0.25) is 0 Å². The molecule has 136 valence electrons. The van der Waals surface area contributed by atoms with Gasteiger partial charge in [0.15, 0.2) is 0 Å². The molecule has 2 aromatic carbocycles. The number of unbranched alkanes of at least 4 members (excludes halogenated alkanes) is 1. The first kappa shape index (κ1) is 19.6. The maximum Gasteiger partial charge on any atom is 0.402 e. The second-order valence-electron chi connectivity index (χ2n) is 7.10. The van der Waals surface area contributed by atoms with Gasteiger partial charge in [-0.2, -0.15) is 13.2 Å². The predicted octanol–water partition coefficient (Wildman–Crippen LogP) is 6.96. The zero-order valence-corrected chi connectivity index (χ0v) is 15.7. The van der Waals surface area contributed by atoms with Crippen molar-refractivity contribution in [2.24, 2.45) is 0 Å². The zero-order valence-electron chi connectivity index (χ0n) is 15.7. The maximum atomic E-state index is 14.5. The third-order valence-corrected chi connectivity index (χ3v) is 5.39. The second kappa shape index (κ2) is 7.23. The lowest BCUT2D eigenvalue weighted by atomic mass is 9.69. The van der Waals surface area contributed by atoms with E-state index in [-0.39, 0.29) is 6.42 Å². The van der Waals surface area contributed by atoms with Gasteiger partial charge < -0.3 is 0 Å². The molecule has 0 nitrogen and oxygen atoms in total. The molecule has 0 unspecified atom stereocenters. The highest BCUT2D eigenvalue weighted by Gasteiger charge is 2.56. The van der Waals surface area contributed by atoms with Gasteiger partial charge >= 0.3 is 6.18 Å². The molecule has 0 N–H and O–H groups in total. The molecule has 0 aliphatic rings. The quantitative estimate of drug-likeness (QED) is 0.548. The van der Waals surface area contributed by atoms with Gasteiger partial charge in [0, 0.05) is 0 Å². The van der Waals surface area contributed by atoms with Crippen molar-refractivity contribution in [3.05, 3.63) is 69.8 Å². The van der Waals surface area contributed by atoms with Crippen LogP contribution in [0.3, 0.4) is 0 Å². The van der Waals surface area contributed by atoms with E-state index < -0.39 is 11.6 Å². The molecule has 0 radical (unpaired) electrons. The zero-order chi connectivity index (χ0) is 18.8. The molecule has 2 aromatic rings. The van der Waals surface area contributed by atoms with Gasteiger partial charge in [-0.05, 0) is 67.5 Å². The molecule has 0 bridgehead atoms. The smallest absolute Gasteiger partial charge is 0.170 e. The number of alkyl halides is 3. The summed E-state index contributed by atoms with van der Waals surface area (Å²) in [5.41, 5.74) is 2.54. The molecular formula is C22H27F3. The molecule has 0 saturated carbocycles. The van der Waals surface area contributed by atoms with E-state index in [1.807, 2.05) is 34.6 Å². The molecule has 0 atom stereocenters. The Morgan fingerprint density at radius 3 is 1.48 bits per heavy atom. The maximum absolute atomic E-state index is 14.5. The molecule has 25 heavy (non-hydrogen) atoms. The van der Waals surface area contributed by atoms with Crippen molar-refractivity contribution in [3.8, 4) is 0 Å². The summed E-state index contributed by atoms with van der Waals surface area (Å²) in [5.74, 6) is 0. The first-order chi connectivity index (χ1) is 11.6. The molecule has 0 aliphatic heterocycles. The van der Waals surface area contributed by atoms with E-state index in [9.17, 15) is 13.2 Å². The van der Waals surface area contributed by atoms with Crippen LogP contribution in [0.5, 0.6) is 0 Å². The highest BCUT2D eigenvalue weighted by Crippen LogP contribution is 2.50. The Hall–Kier alpha value is -1.77. The van der Waals surface area contributed by atoms with Crippen LogP contribution in [0.15, 0.2) is 36.4 Å². The van der Waals surface area contributed by atoms with Crippen LogP contribution in [-0.4, -0.2) is 6.18 Å². The molecule has 0 aliphatic carbocycles. The fourth-order valence-corrected chi connectivity index (χ4v) is 3.38. The summed E-state index contributed by atoms with van der Waals surface area (Å²) in [6.45, 7) is 9.54. The van der Waals surface area contributed by atoms with Gasteiger partial charge in [0.25, 0.3) is 0 Å². The molecule has 0 amide bonds. The minimum atomic E-state index is -4.36. The number of aryl methyl sites for hydroxylation is 4. The predicted molar refractivity (Wildman–Crippen MR) is 98.2 cm³/mol. The van der Waals surface area contributed by atoms with Crippen LogP contribution in [0, 0.1) is 27.7 Å². The molecule has 0 aromatic heterocycles. The largest absolute Gasteiger partial charge is 0.402 e. The van der Waals surface area contributed by atoms with E-state index in [1.165, 1.54) is 0 Å². The number of benzene rings is 2. The van der Waals surface area contributed by atoms with Crippen molar-refractivity contribution in [2.75, 3.05) is 0 Å². The number of rotatable bonds is 5. The Balaban J connectivity index is 2.79. The summed E-state index contributed by atoms with van der Waals surface area (Å²) in [5, 5.41) is 0. The first-order valence-electron chi connectivity index (χ1n) is 8.85. The SMILES string of the molecule is CCCCC(c1ccc(C)c(C)c1)(c1ccc(C)c(C)c1)C(F)(F)F. The molecule has 0 spiro atoms. The Kier molecular flexibility index (Phi) is 5.65. The topological polar surface area (TPSA) is 0 Å².